The third-order valence-electron chi connectivity index (χ3n) is 3.26. The van der Waals surface area contributed by atoms with Crippen molar-refractivity contribution in [2.75, 3.05) is 0 Å². The maximum atomic E-state index is 11.8. The van der Waals surface area contributed by atoms with Crippen LogP contribution in [0.15, 0.2) is 53.3 Å². The minimum Gasteiger partial charge on any atom is -0.362 e. The first-order valence-corrected chi connectivity index (χ1v) is 6.50. The average molecular weight is 265 g/mol. The summed E-state index contributed by atoms with van der Waals surface area (Å²) in [7, 11) is 0. The Balaban J connectivity index is 1.85. The van der Waals surface area contributed by atoms with Gasteiger partial charge in [-0.25, -0.2) is 5.43 Å². The zero-order valence-electron chi connectivity index (χ0n) is 11.2. The summed E-state index contributed by atoms with van der Waals surface area (Å²) in [6.07, 6.45) is 4.30. The van der Waals surface area contributed by atoms with E-state index in [1.807, 2.05) is 24.4 Å². The molecule has 1 aliphatic heterocycles. The summed E-state index contributed by atoms with van der Waals surface area (Å²) in [5.74, 6) is -0.151. The second-order valence-corrected chi connectivity index (χ2v) is 4.85. The molecule has 0 saturated heterocycles. The molecule has 0 radical (unpaired) electrons. The van der Waals surface area contributed by atoms with Crippen LogP contribution in [-0.2, 0) is 11.2 Å². The van der Waals surface area contributed by atoms with Crippen molar-refractivity contribution in [3.8, 4) is 0 Å². The van der Waals surface area contributed by atoms with E-state index >= 15 is 0 Å². The van der Waals surface area contributed by atoms with Gasteiger partial charge < -0.3 is 4.98 Å². The first kappa shape index (κ1) is 12.4. The Kier molecular flexibility index (Phi) is 3.21. The van der Waals surface area contributed by atoms with E-state index < -0.39 is 0 Å². The normalized spacial score (nSPS) is 16.4. The van der Waals surface area contributed by atoms with Crippen molar-refractivity contribution < 1.29 is 4.79 Å². The molecule has 0 fully saturated rings. The molecule has 2 heterocycles. The molecular formula is C16H15N3O. The number of amides is 1. The molecule has 1 amide bonds. The van der Waals surface area contributed by atoms with Gasteiger partial charge in [0, 0.05) is 18.3 Å². The number of H-pyrrole nitrogens is 1. The Labute approximate surface area is 117 Å². The van der Waals surface area contributed by atoms with Crippen LogP contribution >= 0.6 is 0 Å². The molecule has 0 spiro atoms. The van der Waals surface area contributed by atoms with Gasteiger partial charge >= 0.3 is 0 Å². The number of hydrogen-bond donors (Lipinski definition) is 2. The highest BCUT2D eigenvalue weighted by Gasteiger charge is 2.22. The lowest BCUT2D eigenvalue weighted by Crippen LogP contribution is -2.14. The summed E-state index contributed by atoms with van der Waals surface area (Å²) in [6, 6.07) is 12.1. The van der Waals surface area contributed by atoms with Crippen LogP contribution in [0.5, 0.6) is 0 Å². The van der Waals surface area contributed by atoms with E-state index in [4.69, 9.17) is 0 Å². The third kappa shape index (κ3) is 2.54. The fraction of sp³-hybridized carbons (Fsp3) is 0.125. The fourth-order valence-electron chi connectivity index (χ4n) is 2.14. The number of aryl methyl sites for hydroxylation is 1. The molecule has 1 aromatic carbocycles. The number of aromatic amines is 1. The van der Waals surface area contributed by atoms with Gasteiger partial charge in [0.15, 0.2) is 0 Å². The van der Waals surface area contributed by atoms with Crippen molar-refractivity contribution >= 4 is 17.7 Å². The van der Waals surface area contributed by atoms with Gasteiger partial charge in [0.25, 0.3) is 5.91 Å². The highest BCUT2D eigenvalue weighted by Crippen LogP contribution is 2.15. The highest BCUT2D eigenvalue weighted by atomic mass is 16.2. The summed E-state index contributed by atoms with van der Waals surface area (Å²) in [6.45, 7) is 2.05. The smallest absolute Gasteiger partial charge is 0.273 e. The summed E-state index contributed by atoms with van der Waals surface area (Å²) in [4.78, 5) is 14.9. The zero-order chi connectivity index (χ0) is 13.9. The summed E-state index contributed by atoms with van der Waals surface area (Å²) in [5, 5.41) is 4.13. The van der Waals surface area contributed by atoms with Crippen molar-refractivity contribution in [2.45, 2.75) is 13.3 Å². The average Bonchev–Trinajstić information content (AvgIpc) is 3.06. The van der Waals surface area contributed by atoms with Gasteiger partial charge in [-0.2, -0.15) is 5.10 Å². The predicted molar refractivity (Wildman–Crippen MR) is 79.2 cm³/mol. The summed E-state index contributed by atoms with van der Waals surface area (Å²) < 4.78 is 0. The topological polar surface area (TPSA) is 57.2 Å². The van der Waals surface area contributed by atoms with E-state index in [1.54, 1.807) is 0 Å². The molecule has 0 atom stereocenters. The first-order chi connectivity index (χ1) is 9.72. The largest absolute Gasteiger partial charge is 0.362 e. The molecule has 2 N–H and O–H groups in total. The van der Waals surface area contributed by atoms with E-state index in [-0.39, 0.29) is 5.91 Å². The predicted octanol–water partition coefficient (Wildman–Crippen LogP) is 2.44. The van der Waals surface area contributed by atoms with E-state index in [0.717, 1.165) is 17.0 Å². The Morgan fingerprint density at radius 2 is 2.00 bits per heavy atom. The molecule has 0 unspecified atom stereocenters. The number of carbonyl (C=O) groups excluding carboxylic acids is 1. The minimum absolute atomic E-state index is 0.151. The lowest BCUT2D eigenvalue weighted by molar-refractivity contribution is -0.116. The lowest BCUT2D eigenvalue weighted by Gasteiger charge is -2.02. The van der Waals surface area contributed by atoms with E-state index in [9.17, 15) is 4.79 Å². The van der Waals surface area contributed by atoms with Crippen molar-refractivity contribution in [3.05, 3.63) is 65.0 Å². The standard InChI is InChI=1S/C16H15N3O/c1-11-4-6-12(7-5-11)9-15-14(16(20)19-18-15)10-13-3-2-8-17-13/h2-8,10,17H,9H2,1H3,(H,19,20). The van der Waals surface area contributed by atoms with Gasteiger partial charge in [-0.1, -0.05) is 29.8 Å². The fourth-order valence-corrected chi connectivity index (χ4v) is 2.14. The Morgan fingerprint density at radius 3 is 2.70 bits per heavy atom. The monoisotopic (exact) mass is 265 g/mol. The number of aromatic nitrogens is 1. The highest BCUT2D eigenvalue weighted by molar-refractivity contribution is 6.27. The third-order valence-corrected chi connectivity index (χ3v) is 3.26. The SMILES string of the molecule is Cc1ccc(CC2=NNC(=O)C2=Cc2ccc[nH]2)cc1. The van der Waals surface area contributed by atoms with Crippen LogP contribution in [0.4, 0.5) is 0 Å². The second kappa shape index (κ2) is 5.17. The molecule has 0 bridgehead atoms. The van der Waals surface area contributed by atoms with Gasteiger partial charge in [0.2, 0.25) is 0 Å². The Bertz CT molecular complexity index is 679. The van der Waals surface area contributed by atoms with Gasteiger partial charge in [-0.15, -0.1) is 0 Å². The number of hydrazone groups is 1. The van der Waals surface area contributed by atoms with Gasteiger partial charge in [0.1, 0.15) is 0 Å². The Morgan fingerprint density at radius 1 is 1.20 bits per heavy atom. The van der Waals surface area contributed by atoms with Crippen molar-refractivity contribution in [1.82, 2.24) is 10.4 Å². The van der Waals surface area contributed by atoms with Crippen molar-refractivity contribution in [3.63, 3.8) is 0 Å². The molecule has 0 saturated carbocycles. The van der Waals surface area contributed by atoms with Gasteiger partial charge in [-0.3, -0.25) is 4.79 Å². The summed E-state index contributed by atoms with van der Waals surface area (Å²) >= 11 is 0. The van der Waals surface area contributed by atoms with Crippen LogP contribution in [0.3, 0.4) is 0 Å². The minimum atomic E-state index is -0.151. The van der Waals surface area contributed by atoms with Gasteiger partial charge in [0.05, 0.1) is 11.3 Å². The van der Waals surface area contributed by atoms with Crippen LogP contribution in [0.1, 0.15) is 16.8 Å². The number of carbonyl (C=O) groups is 1. The van der Waals surface area contributed by atoms with Crippen LogP contribution in [0, 0.1) is 6.92 Å². The molecule has 100 valence electrons. The van der Waals surface area contributed by atoms with Crippen molar-refractivity contribution in [1.29, 1.82) is 0 Å². The second-order valence-electron chi connectivity index (χ2n) is 4.85. The molecule has 3 rings (SSSR count). The molecular weight excluding hydrogens is 250 g/mol. The molecule has 20 heavy (non-hydrogen) atoms. The van der Waals surface area contributed by atoms with Crippen molar-refractivity contribution in [2.24, 2.45) is 5.10 Å². The number of nitrogens with one attached hydrogen (secondary N) is 2. The number of nitrogens with zero attached hydrogens (tertiary/aromatic N) is 1. The molecule has 4 heteroatoms. The molecule has 0 aliphatic carbocycles. The number of hydrogen-bond acceptors (Lipinski definition) is 2. The first-order valence-electron chi connectivity index (χ1n) is 6.50. The van der Waals surface area contributed by atoms with E-state index in [0.29, 0.717) is 12.0 Å². The molecule has 1 aliphatic rings. The maximum absolute atomic E-state index is 11.8. The Hall–Kier alpha value is -2.62. The summed E-state index contributed by atoms with van der Waals surface area (Å²) in [5.41, 5.74) is 7.18. The molecule has 1 aromatic heterocycles. The molecule has 4 nitrogen and oxygen atoms in total. The number of rotatable bonds is 3. The molecule has 2 aromatic rings. The van der Waals surface area contributed by atoms with E-state index in [2.05, 4.69) is 46.7 Å². The maximum Gasteiger partial charge on any atom is 0.273 e. The van der Waals surface area contributed by atoms with Crippen LogP contribution in [-0.4, -0.2) is 16.6 Å². The lowest BCUT2D eigenvalue weighted by atomic mass is 10.0. The quantitative estimate of drug-likeness (QED) is 0.823. The number of benzene rings is 1. The van der Waals surface area contributed by atoms with Crippen LogP contribution in [0.25, 0.3) is 6.08 Å². The van der Waals surface area contributed by atoms with Gasteiger partial charge in [-0.05, 0) is 30.7 Å². The zero-order valence-corrected chi connectivity index (χ0v) is 11.2. The van der Waals surface area contributed by atoms with E-state index in [1.165, 1.54) is 5.56 Å². The van der Waals surface area contributed by atoms with Crippen LogP contribution in [0.2, 0.25) is 0 Å². The van der Waals surface area contributed by atoms with Crippen LogP contribution < -0.4 is 5.43 Å².